The van der Waals surface area contributed by atoms with Crippen LogP contribution in [0.2, 0.25) is 0 Å². The highest BCUT2D eigenvalue weighted by Crippen LogP contribution is 2.63. The van der Waals surface area contributed by atoms with Gasteiger partial charge in [-0.25, -0.2) is 0 Å². The van der Waals surface area contributed by atoms with E-state index in [1.165, 1.54) is 97.7 Å². The zero-order valence-corrected chi connectivity index (χ0v) is 34.0. The number of hydrogen-bond acceptors (Lipinski definition) is 2. The van der Waals surface area contributed by atoms with Crippen molar-refractivity contribution in [2.24, 2.45) is 0 Å². The highest BCUT2D eigenvalue weighted by Gasteiger charge is 2.51. The summed E-state index contributed by atoms with van der Waals surface area (Å²) in [5.41, 5.74) is 18.4. The molecule has 1 aromatic heterocycles. The Kier molecular flexibility index (Phi) is 7.46. The Morgan fingerprint density at radius 1 is 0.344 bits per heavy atom. The molecule has 2 aliphatic rings. The molecule has 13 rings (SSSR count). The molecule has 1 nitrogen and oxygen atoms in total. The second kappa shape index (κ2) is 13.2. The lowest BCUT2D eigenvalue weighted by atomic mass is 9.70. The zero-order valence-electron chi connectivity index (χ0n) is 33.2. The van der Waals surface area contributed by atoms with Crippen LogP contribution in [0.3, 0.4) is 0 Å². The van der Waals surface area contributed by atoms with Crippen LogP contribution in [0.15, 0.2) is 224 Å². The van der Waals surface area contributed by atoms with Crippen LogP contribution in [0.1, 0.15) is 22.3 Å². The average molecular weight is 792 g/mol. The molecule has 0 saturated carbocycles. The molecule has 11 aromatic rings. The van der Waals surface area contributed by atoms with Gasteiger partial charge in [0, 0.05) is 37.1 Å². The maximum atomic E-state index is 2.52. The summed E-state index contributed by atoms with van der Waals surface area (Å²) in [6, 6.07) is 83.6. The molecule has 2 heteroatoms. The van der Waals surface area contributed by atoms with Crippen LogP contribution in [0.5, 0.6) is 0 Å². The van der Waals surface area contributed by atoms with Gasteiger partial charge in [0.25, 0.3) is 0 Å². The van der Waals surface area contributed by atoms with Crippen molar-refractivity contribution in [2.45, 2.75) is 5.41 Å². The molecule has 1 spiro atoms. The molecular weight excluding hydrogens is 755 g/mol. The number of anilines is 3. The molecule has 0 atom stereocenters. The summed E-state index contributed by atoms with van der Waals surface area (Å²) in [6.45, 7) is 0. The van der Waals surface area contributed by atoms with Crippen molar-refractivity contribution in [3.63, 3.8) is 0 Å². The van der Waals surface area contributed by atoms with E-state index in [0.29, 0.717) is 0 Å². The van der Waals surface area contributed by atoms with Crippen molar-refractivity contribution >= 4 is 59.3 Å². The van der Waals surface area contributed by atoms with E-state index in [-0.39, 0.29) is 0 Å². The molecule has 0 fully saturated rings. The topological polar surface area (TPSA) is 3.24 Å². The number of hydrogen-bond donors (Lipinski definition) is 0. The summed E-state index contributed by atoms with van der Waals surface area (Å²) in [7, 11) is 0. The van der Waals surface area contributed by atoms with Crippen molar-refractivity contribution in [3.05, 3.63) is 247 Å². The Morgan fingerprint density at radius 3 is 1.62 bits per heavy atom. The van der Waals surface area contributed by atoms with Crippen molar-refractivity contribution < 1.29 is 0 Å². The second-order valence-electron chi connectivity index (χ2n) is 16.4. The van der Waals surface area contributed by atoms with Gasteiger partial charge in [-0.05, 0) is 114 Å². The Hall–Kier alpha value is -7.52. The minimum atomic E-state index is -0.450. The van der Waals surface area contributed by atoms with Crippen molar-refractivity contribution in [3.8, 4) is 44.5 Å². The molecule has 0 bridgehead atoms. The summed E-state index contributed by atoms with van der Waals surface area (Å²) in [4.78, 5) is 2.52. The SMILES string of the molecule is c1ccc(-c2ccc(N(c3ccc4c(c3)C3(c5ccccc5-c5ccccc53)c3ccccc3-4)c3ccc4c(sc5ccccc54)c3-c3ccc4ccccc4c3)cc2)cc1. The molecule has 0 radical (unpaired) electrons. The van der Waals surface area contributed by atoms with Gasteiger partial charge in [0.15, 0.2) is 0 Å². The Morgan fingerprint density at radius 2 is 0.902 bits per heavy atom. The first-order valence-corrected chi connectivity index (χ1v) is 21.9. The molecule has 61 heavy (non-hydrogen) atoms. The molecule has 0 unspecified atom stereocenters. The van der Waals surface area contributed by atoms with Gasteiger partial charge in [-0.15, -0.1) is 11.3 Å². The van der Waals surface area contributed by atoms with Crippen molar-refractivity contribution in [1.29, 1.82) is 0 Å². The number of nitrogens with zero attached hydrogens (tertiary/aromatic N) is 1. The van der Waals surface area contributed by atoms with Crippen LogP contribution in [0.25, 0.3) is 75.5 Å². The molecule has 0 amide bonds. The monoisotopic (exact) mass is 791 g/mol. The van der Waals surface area contributed by atoms with E-state index in [1.807, 2.05) is 11.3 Å². The molecular formula is C59H37NS. The first-order valence-electron chi connectivity index (χ1n) is 21.1. The third kappa shape index (κ3) is 4.94. The van der Waals surface area contributed by atoms with Gasteiger partial charge >= 0.3 is 0 Å². The van der Waals surface area contributed by atoms with E-state index in [4.69, 9.17) is 0 Å². The summed E-state index contributed by atoms with van der Waals surface area (Å²) >= 11 is 1.90. The van der Waals surface area contributed by atoms with Crippen molar-refractivity contribution in [1.82, 2.24) is 0 Å². The highest BCUT2D eigenvalue weighted by atomic mass is 32.1. The van der Waals surface area contributed by atoms with Crippen molar-refractivity contribution in [2.75, 3.05) is 4.90 Å². The van der Waals surface area contributed by atoms with Crippen LogP contribution < -0.4 is 4.90 Å². The Balaban J connectivity index is 1.11. The van der Waals surface area contributed by atoms with Gasteiger partial charge in [-0.3, -0.25) is 0 Å². The Labute approximate surface area is 359 Å². The number of thiophene rings is 1. The second-order valence-corrected chi connectivity index (χ2v) is 17.4. The molecule has 0 N–H and O–H groups in total. The van der Waals surface area contributed by atoms with Crippen LogP contribution in [0, 0.1) is 0 Å². The summed E-state index contributed by atoms with van der Waals surface area (Å²) < 4.78 is 2.59. The van der Waals surface area contributed by atoms with Gasteiger partial charge in [-0.1, -0.05) is 182 Å². The predicted molar refractivity (Wildman–Crippen MR) is 259 cm³/mol. The predicted octanol–water partition coefficient (Wildman–Crippen LogP) is 16.4. The fourth-order valence-electron chi connectivity index (χ4n) is 10.7. The first-order chi connectivity index (χ1) is 30.3. The first kappa shape index (κ1) is 34.4. The van der Waals surface area contributed by atoms with E-state index >= 15 is 0 Å². The lowest BCUT2D eigenvalue weighted by Gasteiger charge is -2.33. The van der Waals surface area contributed by atoms with Crippen LogP contribution >= 0.6 is 11.3 Å². The maximum Gasteiger partial charge on any atom is 0.0726 e. The van der Waals surface area contributed by atoms with Gasteiger partial charge in [-0.2, -0.15) is 0 Å². The molecule has 0 aliphatic heterocycles. The zero-order chi connectivity index (χ0) is 40.1. The molecule has 284 valence electrons. The van der Waals surface area contributed by atoms with E-state index < -0.39 is 5.41 Å². The van der Waals surface area contributed by atoms with E-state index in [1.54, 1.807) is 0 Å². The number of rotatable bonds is 5. The minimum absolute atomic E-state index is 0.450. The summed E-state index contributed by atoms with van der Waals surface area (Å²) in [5.74, 6) is 0. The third-order valence-corrected chi connectivity index (χ3v) is 14.5. The van der Waals surface area contributed by atoms with Crippen LogP contribution in [-0.2, 0) is 5.41 Å². The smallest absolute Gasteiger partial charge is 0.0726 e. The number of benzene rings is 10. The average Bonchev–Trinajstić information content (AvgIpc) is 3.96. The lowest BCUT2D eigenvalue weighted by molar-refractivity contribution is 0.793. The van der Waals surface area contributed by atoms with Crippen LogP contribution in [0.4, 0.5) is 17.1 Å². The van der Waals surface area contributed by atoms with Crippen LogP contribution in [-0.4, -0.2) is 0 Å². The molecule has 1 heterocycles. The quantitative estimate of drug-likeness (QED) is 0.168. The van der Waals surface area contributed by atoms with Gasteiger partial charge in [0.05, 0.1) is 11.1 Å². The van der Waals surface area contributed by atoms with E-state index in [0.717, 1.165) is 17.1 Å². The Bertz CT molecular complexity index is 3480. The third-order valence-electron chi connectivity index (χ3n) is 13.3. The molecule has 10 aromatic carbocycles. The summed E-state index contributed by atoms with van der Waals surface area (Å²) in [6.07, 6.45) is 0. The standard InChI is InChI=1S/C59H37NS/c1-2-14-38(15-3-1)40-28-30-43(31-29-40)60(55-35-34-50-49-21-9-13-25-56(49)61-58(50)57(55)42-27-26-39-16-4-5-17-41(39)36-42)44-32-33-48-47-20-8-12-24-53(47)59(54(48)37-44)51-22-10-6-18-45(51)46-19-7-11-23-52(46)59/h1-37H. The number of fused-ring (bicyclic) bond motifs is 14. The van der Waals surface area contributed by atoms with E-state index in [2.05, 4.69) is 229 Å². The molecule has 2 aliphatic carbocycles. The minimum Gasteiger partial charge on any atom is -0.310 e. The van der Waals surface area contributed by atoms with Gasteiger partial charge in [0.2, 0.25) is 0 Å². The van der Waals surface area contributed by atoms with Gasteiger partial charge < -0.3 is 4.90 Å². The fraction of sp³-hybridized carbons (Fsp3) is 0.0169. The van der Waals surface area contributed by atoms with E-state index in [9.17, 15) is 0 Å². The largest absolute Gasteiger partial charge is 0.310 e. The lowest BCUT2D eigenvalue weighted by Crippen LogP contribution is -2.26. The highest BCUT2D eigenvalue weighted by molar-refractivity contribution is 7.26. The summed E-state index contributed by atoms with van der Waals surface area (Å²) in [5, 5.41) is 5.06. The fourth-order valence-corrected chi connectivity index (χ4v) is 11.9. The molecule has 0 saturated heterocycles. The normalized spacial score (nSPS) is 13.0. The maximum absolute atomic E-state index is 2.52. The van der Waals surface area contributed by atoms with Gasteiger partial charge in [0.1, 0.15) is 0 Å².